The first-order chi connectivity index (χ1) is 12.3. The van der Waals surface area contributed by atoms with Crippen LogP contribution in [0.3, 0.4) is 0 Å². The molecule has 0 aromatic carbocycles. The number of hydrogen-bond acceptors (Lipinski definition) is 6. The van der Waals surface area contributed by atoms with Gasteiger partial charge < -0.3 is 14.0 Å². The van der Waals surface area contributed by atoms with Crippen molar-refractivity contribution in [2.45, 2.75) is 25.3 Å². The van der Waals surface area contributed by atoms with Gasteiger partial charge in [-0.25, -0.2) is 4.98 Å². The maximum atomic E-state index is 12.5. The second-order valence-electron chi connectivity index (χ2n) is 6.11. The quantitative estimate of drug-likeness (QED) is 0.720. The van der Waals surface area contributed by atoms with E-state index >= 15 is 0 Å². The lowest BCUT2D eigenvalue weighted by molar-refractivity contribution is -0.133. The molecule has 0 bridgehead atoms. The molecule has 1 fully saturated rings. The number of rotatable bonds is 4. The molecule has 25 heavy (non-hydrogen) atoms. The minimum atomic E-state index is 0.0680. The van der Waals surface area contributed by atoms with Crippen molar-refractivity contribution in [1.29, 1.82) is 0 Å². The zero-order valence-electron chi connectivity index (χ0n) is 13.7. The maximum absolute atomic E-state index is 12.5. The Kier molecular flexibility index (Phi) is 4.24. The van der Waals surface area contributed by atoms with Crippen molar-refractivity contribution in [1.82, 2.24) is 29.6 Å². The Morgan fingerprint density at radius 1 is 1.32 bits per heavy atom. The summed E-state index contributed by atoms with van der Waals surface area (Å²) < 4.78 is 7.23. The fraction of sp³-hybridized carbons (Fsp3) is 0.353. The molecular formula is C17H18N6O2. The van der Waals surface area contributed by atoms with Crippen LogP contribution in [0.15, 0.2) is 47.8 Å². The summed E-state index contributed by atoms with van der Waals surface area (Å²) >= 11 is 0. The topological polar surface area (TPSA) is 89.9 Å². The van der Waals surface area contributed by atoms with Crippen LogP contribution in [0.2, 0.25) is 0 Å². The molecule has 0 saturated carbocycles. The summed E-state index contributed by atoms with van der Waals surface area (Å²) in [6.07, 6.45) is 10.4. The van der Waals surface area contributed by atoms with E-state index in [4.69, 9.17) is 4.52 Å². The number of likely N-dealkylation sites (tertiary alicyclic amines) is 1. The Balaban J connectivity index is 1.44. The van der Waals surface area contributed by atoms with Gasteiger partial charge in [-0.2, -0.15) is 4.98 Å². The van der Waals surface area contributed by atoms with Crippen LogP contribution in [0.4, 0.5) is 0 Å². The van der Waals surface area contributed by atoms with E-state index in [2.05, 4.69) is 20.1 Å². The third-order valence-corrected chi connectivity index (χ3v) is 4.36. The molecule has 0 spiro atoms. The Morgan fingerprint density at radius 2 is 2.28 bits per heavy atom. The van der Waals surface area contributed by atoms with Gasteiger partial charge in [0.1, 0.15) is 6.54 Å². The largest absolute Gasteiger partial charge is 0.340 e. The Labute approximate surface area is 144 Å². The third kappa shape index (κ3) is 3.42. The number of piperidine rings is 1. The average Bonchev–Trinajstić information content (AvgIpc) is 3.34. The van der Waals surface area contributed by atoms with Gasteiger partial charge in [-0.05, 0) is 25.0 Å². The maximum Gasteiger partial charge on any atom is 0.242 e. The molecule has 0 N–H and O–H groups in total. The summed E-state index contributed by atoms with van der Waals surface area (Å²) in [6, 6.07) is 3.73. The molecule has 1 unspecified atom stereocenters. The summed E-state index contributed by atoms with van der Waals surface area (Å²) in [6.45, 7) is 1.66. The Bertz CT molecular complexity index is 830. The molecule has 1 aliphatic heterocycles. The lowest BCUT2D eigenvalue weighted by Crippen LogP contribution is -2.40. The van der Waals surface area contributed by atoms with Gasteiger partial charge in [0.2, 0.25) is 17.6 Å². The highest BCUT2D eigenvalue weighted by molar-refractivity contribution is 5.76. The Morgan fingerprint density at radius 3 is 3.08 bits per heavy atom. The van der Waals surface area contributed by atoms with Gasteiger partial charge >= 0.3 is 0 Å². The summed E-state index contributed by atoms with van der Waals surface area (Å²) in [4.78, 5) is 26.9. The molecule has 4 heterocycles. The van der Waals surface area contributed by atoms with E-state index in [-0.39, 0.29) is 11.8 Å². The smallest absolute Gasteiger partial charge is 0.242 e. The number of amides is 1. The fourth-order valence-electron chi connectivity index (χ4n) is 3.05. The van der Waals surface area contributed by atoms with Gasteiger partial charge in [-0.15, -0.1) is 0 Å². The van der Waals surface area contributed by atoms with Crippen LogP contribution in [0.1, 0.15) is 24.7 Å². The molecule has 0 aliphatic carbocycles. The molecular weight excluding hydrogens is 320 g/mol. The van der Waals surface area contributed by atoms with Crippen molar-refractivity contribution in [3.8, 4) is 11.4 Å². The van der Waals surface area contributed by atoms with E-state index in [9.17, 15) is 4.79 Å². The van der Waals surface area contributed by atoms with Crippen LogP contribution >= 0.6 is 0 Å². The lowest BCUT2D eigenvalue weighted by Gasteiger charge is -2.31. The van der Waals surface area contributed by atoms with Crippen LogP contribution in [0.25, 0.3) is 11.4 Å². The van der Waals surface area contributed by atoms with Crippen LogP contribution < -0.4 is 0 Å². The minimum Gasteiger partial charge on any atom is -0.340 e. The molecule has 1 aliphatic rings. The zero-order chi connectivity index (χ0) is 17.1. The summed E-state index contributed by atoms with van der Waals surface area (Å²) in [7, 11) is 0. The number of carbonyl (C=O) groups is 1. The van der Waals surface area contributed by atoms with E-state index in [1.54, 1.807) is 35.7 Å². The molecule has 8 heteroatoms. The van der Waals surface area contributed by atoms with Crippen molar-refractivity contribution >= 4 is 5.91 Å². The van der Waals surface area contributed by atoms with Crippen LogP contribution in [0.5, 0.6) is 0 Å². The second kappa shape index (κ2) is 6.84. The molecule has 3 aromatic heterocycles. The number of carbonyl (C=O) groups excluding carboxylic acids is 1. The fourth-order valence-corrected chi connectivity index (χ4v) is 3.05. The van der Waals surface area contributed by atoms with Gasteiger partial charge in [0.15, 0.2) is 0 Å². The van der Waals surface area contributed by atoms with E-state index in [1.165, 1.54) is 0 Å². The standard InChI is InChI=1S/C17H18N6O2/c24-15(11-22-8-6-19-12-22)23-7-2-4-14(10-23)17-20-16(21-25-17)13-3-1-5-18-9-13/h1,3,5-6,8-9,12,14H,2,4,7,10-11H2. The predicted molar refractivity (Wildman–Crippen MR) is 88.3 cm³/mol. The first-order valence-electron chi connectivity index (χ1n) is 8.27. The monoisotopic (exact) mass is 338 g/mol. The molecule has 4 rings (SSSR count). The van der Waals surface area contributed by atoms with Gasteiger partial charge in [-0.1, -0.05) is 5.16 Å². The SMILES string of the molecule is O=C(Cn1ccnc1)N1CCCC(c2nc(-c3cccnc3)no2)C1. The third-order valence-electron chi connectivity index (χ3n) is 4.36. The van der Waals surface area contributed by atoms with Crippen molar-refractivity contribution in [2.24, 2.45) is 0 Å². The number of hydrogen-bond donors (Lipinski definition) is 0. The van der Waals surface area contributed by atoms with E-state index < -0.39 is 0 Å². The lowest BCUT2D eigenvalue weighted by atomic mass is 9.98. The highest BCUT2D eigenvalue weighted by atomic mass is 16.5. The number of imidazole rings is 1. The van der Waals surface area contributed by atoms with Crippen molar-refractivity contribution in [3.63, 3.8) is 0 Å². The number of nitrogens with zero attached hydrogens (tertiary/aromatic N) is 6. The average molecular weight is 338 g/mol. The molecule has 1 atom stereocenters. The highest BCUT2D eigenvalue weighted by Crippen LogP contribution is 2.27. The van der Waals surface area contributed by atoms with Gasteiger partial charge in [-0.3, -0.25) is 9.78 Å². The highest BCUT2D eigenvalue weighted by Gasteiger charge is 2.28. The minimum absolute atomic E-state index is 0.0680. The molecule has 1 saturated heterocycles. The van der Waals surface area contributed by atoms with Gasteiger partial charge in [0, 0.05) is 43.4 Å². The molecule has 1 amide bonds. The number of pyridine rings is 1. The van der Waals surface area contributed by atoms with E-state index in [0.29, 0.717) is 24.8 Å². The first kappa shape index (κ1) is 15.5. The predicted octanol–water partition coefficient (Wildman–Crippen LogP) is 1.73. The van der Waals surface area contributed by atoms with Gasteiger partial charge in [0.05, 0.1) is 12.2 Å². The van der Waals surface area contributed by atoms with Crippen molar-refractivity contribution < 1.29 is 9.32 Å². The first-order valence-corrected chi connectivity index (χ1v) is 8.27. The zero-order valence-corrected chi connectivity index (χ0v) is 13.7. The van der Waals surface area contributed by atoms with Crippen LogP contribution in [0, 0.1) is 0 Å². The molecule has 8 nitrogen and oxygen atoms in total. The van der Waals surface area contributed by atoms with Crippen molar-refractivity contribution in [2.75, 3.05) is 13.1 Å². The van der Waals surface area contributed by atoms with E-state index in [1.807, 2.05) is 17.0 Å². The van der Waals surface area contributed by atoms with Gasteiger partial charge in [0.25, 0.3) is 0 Å². The number of aromatic nitrogens is 5. The summed E-state index contributed by atoms with van der Waals surface area (Å²) in [5.74, 6) is 1.26. The molecule has 128 valence electrons. The van der Waals surface area contributed by atoms with Crippen LogP contribution in [-0.2, 0) is 11.3 Å². The normalized spacial score (nSPS) is 17.6. The van der Waals surface area contributed by atoms with Crippen LogP contribution in [-0.4, -0.2) is 48.6 Å². The second-order valence-corrected chi connectivity index (χ2v) is 6.11. The summed E-state index contributed by atoms with van der Waals surface area (Å²) in [5.41, 5.74) is 0.821. The molecule has 3 aromatic rings. The van der Waals surface area contributed by atoms with E-state index in [0.717, 1.165) is 24.9 Å². The summed E-state index contributed by atoms with van der Waals surface area (Å²) in [5, 5.41) is 4.05. The molecule has 0 radical (unpaired) electrons. The Hall–Kier alpha value is -3.03. The van der Waals surface area contributed by atoms with Crippen molar-refractivity contribution in [3.05, 3.63) is 49.1 Å².